The van der Waals surface area contributed by atoms with Crippen LogP contribution in [0.15, 0.2) is 48.5 Å². The zero-order valence-electron chi connectivity index (χ0n) is 19.6. The van der Waals surface area contributed by atoms with Crippen molar-refractivity contribution in [1.29, 1.82) is 5.26 Å². The highest BCUT2D eigenvalue weighted by Crippen LogP contribution is 2.36. The molecule has 0 saturated carbocycles. The molecule has 0 heterocycles. The van der Waals surface area contributed by atoms with Crippen molar-refractivity contribution in [3.05, 3.63) is 59.7 Å². The average molecular weight is 423 g/mol. The third-order valence-corrected chi connectivity index (χ3v) is 5.78. The fourth-order valence-electron chi connectivity index (χ4n) is 4.06. The third kappa shape index (κ3) is 7.29. The minimum absolute atomic E-state index is 0.275. The largest absolute Gasteiger partial charge is 0.494 e. The van der Waals surface area contributed by atoms with Gasteiger partial charge in [0.25, 0.3) is 0 Å². The highest BCUT2D eigenvalue weighted by molar-refractivity contribution is 5.38. The number of rotatable bonds is 14. The van der Waals surface area contributed by atoms with Gasteiger partial charge in [-0.3, -0.25) is 0 Å². The predicted octanol–water partition coefficient (Wildman–Crippen LogP) is 5.90. The lowest BCUT2D eigenvalue weighted by Crippen LogP contribution is -2.32. The first-order chi connectivity index (χ1) is 15.1. The molecule has 0 amide bonds. The summed E-state index contributed by atoms with van der Waals surface area (Å²) in [6.07, 6.45) is 3.88. The monoisotopic (exact) mass is 422 g/mol. The molecular formula is C27H38N2O2. The molecule has 0 fully saturated rings. The molecule has 0 bridgehead atoms. The number of nitriles is 1. The molecule has 0 radical (unpaired) electrons. The molecule has 0 aliphatic carbocycles. The molecule has 2 aromatic carbocycles. The van der Waals surface area contributed by atoms with Crippen LogP contribution in [-0.2, 0) is 11.8 Å². The lowest BCUT2D eigenvalue weighted by molar-refractivity contribution is 0.322. The van der Waals surface area contributed by atoms with Crippen LogP contribution in [0.2, 0.25) is 0 Å². The Labute approximate surface area is 188 Å². The number of nitrogens with one attached hydrogen (secondary N) is 1. The molecule has 168 valence electrons. The highest BCUT2D eigenvalue weighted by Gasteiger charge is 2.35. The van der Waals surface area contributed by atoms with Crippen molar-refractivity contribution in [3.8, 4) is 17.6 Å². The van der Waals surface area contributed by atoms with Crippen LogP contribution in [0.3, 0.4) is 0 Å². The van der Waals surface area contributed by atoms with Gasteiger partial charge >= 0.3 is 0 Å². The van der Waals surface area contributed by atoms with Gasteiger partial charge in [0, 0.05) is 6.07 Å². The minimum Gasteiger partial charge on any atom is -0.494 e. The first kappa shape index (κ1) is 24.8. The normalized spacial score (nSPS) is 12.9. The van der Waals surface area contributed by atoms with Crippen molar-refractivity contribution in [2.45, 2.75) is 58.8 Å². The van der Waals surface area contributed by atoms with Gasteiger partial charge in [-0.15, -0.1) is 0 Å². The molecule has 1 unspecified atom stereocenters. The van der Waals surface area contributed by atoms with Crippen LogP contribution in [0.5, 0.6) is 11.5 Å². The van der Waals surface area contributed by atoms with Gasteiger partial charge in [0.05, 0.1) is 24.7 Å². The van der Waals surface area contributed by atoms with Crippen molar-refractivity contribution < 1.29 is 9.47 Å². The van der Waals surface area contributed by atoms with E-state index in [9.17, 15) is 5.26 Å². The van der Waals surface area contributed by atoms with Crippen LogP contribution in [0, 0.1) is 17.2 Å². The summed E-state index contributed by atoms with van der Waals surface area (Å²) >= 11 is 0. The Morgan fingerprint density at radius 2 is 1.55 bits per heavy atom. The van der Waals surface area contributed by atoms with E-state index in [2.05, 4.69) is 49.5 Å². The second-order valence-corrected chi connectivity index (χ2v) is 8.24. The van der Waals surface area contributed by atoms with E-state index in [1.54, 1.807) is 0 Å². The molecule has 31 heavy (non-hydrogen) atoms. The van der Waals surface area contributed by atoms with Crippen LogP contribution < -0.4 is 14.8 Å². The van der Waals surface area contributed by atoms with Gasteiger partial charge in [0.1, 0.15) is 11.5 Å². The molecule has 0 aromatic heterocycles. The average Bonchev–Trinajstić information content (AvgIpc) is 2.77. The topological polar surface area (TPSA) is 54.3 Å². The molecular weight excluding hydrogens is 384 g/mol. The Hall–Kier alpha value is -2.51. The molecule has 1 N–H and O–H groups in total. The van der Waals surface area contributed by atoms with E-state index in [0.717, 1.165) is 55.8 Å². The van der Waals surface area contributed by atoms with E-state index in [1.165, 1.54) is 5.56 Å². The van der Waals surface area contributed by atoms with E-state index in [0.29, 0.717) is 13.2 Å². The van der Waals surface area contributed by atoms with Gasteiger partial charge in [0.15, 0.2) is 0 Å². The maximum atomic E-state index is 10.00. The smallest absolute Gasteiger partial charge is 0.123 e. The molecule has 4 nitrogen and oxygen atoms in total. The molecule has 0 aliphatic heterocycles. The summed E-state index contributed by atoms with van der Waals surface area (Å²) in [5.74, 6) is 2.02. The fraction of sp³-hybridized carbons (Fsp3) is 0.519. The summed E-state index contributed by atoms with van der Waals surface area (Å²) in [7, 11) is 0. The standard InChI is InChI=1S/C27H38N2O2/c1-5-30-25-18-23(19-26(20-25)31-6-2)12-10-16-29-17-11-15-27(21-28,22(3)4)24-13-8-7-9-14-24/h7-9,13-14,18-20,22,29H,5-6,10-12,15-17H2,1-4H3. The Morgan fingerprint density at radius 1 is 0.935 bits per heavy atom. The summed E-state index contributed by atoms with van der Waals surface area (Å²) in [5, 5.41) is 13.5. The molecule has 2 rings (SSSR count). The Balaban J connectivity index is 1.80. The summed E-state index contributed by atoms with van der Waals surface area (Å²) in [4.78, 5) is 0. The lowest BCUT2D eigenvalue weighted by atomic mass is 9.70. The molecule has 1 atom stereocenters. The highest BCUT2D eigenvalue weighted by atomic mass is 16.5. The van der Waals surface area contributed by atoms with Gasteiger partial charge < -0.3 is 14.8 Å². The molecule has 0 saturated heterocycles. The molecule has 0 spiro atoms. The van der Waals surface area contributed by atoms with Gasteiger partial charge in [-0.05, 0) is 81.8 Å². The number of hydrogen-bond acceptors (Lipinski definition) is 4. The first-order valence-electron chi connectivity index (χ1n) is 11.6. The number of benzene rings is 2. The van der Waals surface area contributed by atoms with Gasteiger partial charge in [0.2, 0.25) is 0 Å². The number of hydrogen-bond donors (Lipinski definition) is 1. The van der Waals surface area contributed by atoms with Crippen LogP contribution >= 0.6 is 0 Å². The zero-order chi connectivity index (χ0) is 22.5. The summed E-state index contributed by atoms with van der Waals surface area (Å²) in [6.45, 7) is 11.5. The van der Waals surface area contributed by atoms with Crippen LogP contribution in [0.25, 0.3) is 0 Å². The van der Waals surface area contributed by atoms with Crippen LogP contribution in [0.4, 0.5) is 0 Å². The summed E-state index contributed by atoms with van der Waals surface area (Å²) in [5.41, 5.74) is 1.95. The van der Waals surface area contributed by atoms with Crippen molar-refractivity contribution in [1.82, 2.24) is 5.32 Å². The SMILES string of the molecule is CCOc1cc(CCCNCCCC(C#N)(c2ccccc2)C(C)C)cc(OCC)c1. The van der Waals surface area contributed by atoms with E-state index in [4.69, 9.17) is 9.47 Å². The quantitative estimate of drug-likeness (QED) is 0.385. The second kappa shape index (κ2) is 13.0. The zero-order valence-corrected chi connectivity index (χ0v) is 19.6. The molecule has 2 aromatic rings. The minimum atomic E-state index is -0.418. The molecule has 0 aliphatic rings. The number of nitrogens with zero attached hydrogens (tertiary/aromatic N) is 1. The molecule has 4 heteroatoms. The van der Waals surface area contributed by atoms with E-state index >= 15 is 0 Å². The third-order valence-electron chi connectivity index (χ3n) is 5.78. The van der Waals surface area contributed by atoms with Gasteiger partial charge in [-0.2, -0.15) is 5.26 Å². The van der Waals surface area contributed by atoms with Crippen molar-refractivity contribution in [2.24, 2.45) is 5.92 Å². The first-order valence-corrected chi connectivity index (χ1v) is 11.6. The predicted molar refractivity (Wildman–Crippen MR) is 128 cm³/mol. The number of aryl methyl sites for hydroxylation is 1. The van der Waals surface area contributed by atoms with E-state index in [1.807, 2.05) is 38.1 Å². The van der Waals surface area contributed by atoms with Crippen LogP contribution in [-0.4, -0.2) is 26.3 Å². The number of ether oxygens (including phenoxy) is 2. The van der Waals surface area contributed by atoms with Crippen molar-refractivity contribution in [2.75, 3.05) is 26.3 Å². The second-order valence-electron chi connectivity index (χ2n) is 8.24. The van der Waals surface area contributed by atoms with Crippen LogP contribution in [0.1, 0.15) is 58.1 Å². The maximum Gasteiger partial charge on any atom is 0.123 e. The Kier molecular flexibility index (Phi) is 10.4. The summed E-state index contributed by atoms with van der Waals surface area (Å²) in [6, 6.07) is 19.0. The van der Waals surface area contributed by atoms with Gasteiger partial charge in [-0.1, -0.05) is 44.2 Å². The van der Waals surface area contributed by atoms with E-state index in [-0.39, 0.29) is 5.92 Å². The van der Waals surface area contributed by atoms with Crippen molar-refractivity contribution >= 4 is 0 Å². The summed E-state index contributed by atoms with van der Waals surface area (Å²) < 4.78 is 11.3. The lowest BCUT2D eigenvalue weighted by Gasteiger charge is -2.31. The van der Waals surface area contributed by atoms with Gasteiger partial charge in [-0.25, -0.2) is 0 Å². The maximum absolute atomic E-state index is 10.00. The van der Waals surface area contributed by atoms with E-state index < -0.39 is 5.41 Å². The Morgan fingerprint density at radius 3 is 2.10 bits per heavy atom. The fourth-order valence-corrected chi connectivity index (χ4v) is 4.06. The Bertz CT molecular complexity index is 789. The van der Waals surface area contributed by atoms with Crippen molar-refractivity contribution in [3.63, 3.8) is 0 Å².